The molecule has 0 bridgehead atoms. The Balaban J connectivity index is 1.59. The van der Waals surface area contributed by atoms with E-state index < -0.39 is 5.97 Å². The number of carbonyl (C=O) groups is 1. The number of methoxy groups -OCH3 is 1. The molecule has 33 heavy (non-hydrogen) atoms. The van der Waals surface area contributed by atoms with Crippen molar-refractivity contribution in [3.63, 3.8) is 0 Å². The Bertz CT molecular complexity index is 1310. The molecule has 0 spiro atoms. The molecule has 0 radical (unpaired) electrons. The number of aliphatic imine (C=N–C) groups is 1. The Kier molecular flexibility index (Phi) is 7.41. The predicted octanol–water partition coefficient (Wildman–Crippen LogP) is 6.95. The molecule has 3 aromatic rings. The first-order chi connectivity index (χ1) is 15.8. The molecule has 0 atom stereocenters. The number of ether oxygens (including phenoxy) is 3. The fraction of sp³-hybridized carbons (Fsp3) is 0.120. The summed E-state index contributed by atoms with van der Waals surface area (Å²) < 4.78 is 18.9. The monoisotopic (exact) mass is 637 g/mol. The van der Waals surface area contributed by atoms with Crippen LogP contribution in [0.5, 0.6) is 11.5 Å². The van der Waals surface area contributed by atoms with Crippen molar-refractivity contribution in [3.05, 3.63) is 95.6 Å². The quantitative estimate of drug-likeness (QED) is 0.167. The van der Waals surface area contributed by atoms with Gasteiger partial charge in [0.15, 0.2) is 17.2 Å². The Labute approximate surface area is 218 Å². The third-order valence-electron chi connectivity index (χ3n) is 4.85. The second kappa shape index (κ2) is 10.3. The zero-order valence-corrected chi connectivity index (χ0v) is 22.2. The first kappa shape index (κ1) is 23.8. The molecular formula is C25H18BrClINO4. The van der Waals surface area contributed by atoms with Gasteiger partial charge in [0.2, 0.25) is 5.90 Å². The predicted molar refractivity (Wildman–Crippen MR) is 141 cm³/mol. The van der Waals surface area contributed by atoms with Crippen molar-refractivity contribution in [2.45, 2.75) is 13.5 Å². The lowest BCUT2D eigenvalue weighted by Gasteiger charge is -2.13. The molecule has 0 saturated heterocycles. The van der Waals surface area contributed by atoms with Crippen molar-refractivity contribution in [2.75, 3.05) is 7.11 Å². The number of carbonyl (C=O) groups excluding carboxylic acids is 1. The van der Waals surface area contributed by atoms with Crippen LogP contribution in [0.4, 0.5) is 0 Å². The van der Waals surface area contributed by atoms with Crippen LogP contribution in [0.15, 0.2) is 69.8 Å². The van der Waals surface area contributed by atoms with Crippen LogP contribution < -0.4 is 9.47 Å². The van der Waals surface area contributed by atoms with E-state index in [0.29, 0.717) is 28.7 Å². The van der Waals surface area contributed by atoms with E-state index in [4.69, 9.17) is 25.8 Å². The first-order valence-corrected chi connectivity index (χ1v) is 12.1. The zero-order chi connectivity index (χ0) is 23.5. The molecule has 4 rings (SSSR count). The van der Waals surface area contributed by atoms with Crippen molar-refractivity contribution < 1.29 is 19.0 Å². The topological polar surface area (TPSA) is 57.1 Å². The number of hydrogen-bond donors (Lipinski definition) is 0. The summed E-state index contributed by atoms with van der Waals surface area (Å²) in [7, 11) is 1.54. The number of esters is 1. The van der Waals surface area contributed by atoms with Crippen LogP contribution in [0.1, 0.15) is 22.3 Å². The zero-order valence-electron chi connectivity index (χ0n) is 17.7. The van der Waals surface area contributed by atoms with Crippen molar-refractivity contribution in [3.8, 4) is 11.5 Å². The maximum absolute atomic E-state index is 12.4. The lowest BCUT2D eigenvalue weighted by atomic mass is 10.1. The summed E-state index contributed by atoms with van der Waals surface area (Å²) in [6.07, 6.45) is 1.61. The SMILES string of the molecule is COc1cc(/C=C2\N=C(c3ccc(I)c(C)c3)OC2=O)cc(Cl)c1OCc1cccc(Br)c1. The third-order valence-corrected chi connectivity index (χ3v) is 6.84. The standard InChI is InChI=1S/C25H18BrClINO4/c1-14-8-17(6-7-20(14)28)24-29-21(25(30)33-24)11-16-10-19(27)23(22(12-16)31-2)32-13-15-4-3-5-18(26)9-15/h3-12H,13H2,1-2H3/b21-11-. The maximum atomic E-state index is 12.4. The van der Waals surface area contributed by atoms with Crippen LogP contribution in [-0.2, 0) is 16.1 Å². The summed E-state index contributed by atoms with van der Waals surface area (Å²) in [5.41, 5.74) is 3.63. The minimum atomic E-state index is -0.522. The third kappa shape index (κ3) is 5.59. The van der Waals surface area contributed by atoms with Gasteiger partial charge in [0.25, 0.3) is 0 Å². The number of halogens is 3. The number of nitrogens with zero attached hydrogens (tertiary/aromatic N) is 1. The van der Waals surface area contributed by atoms with Crippen LogP contribution in [0, 0.1) is 10.5 Å². The lowest BCUT2D eigenvalue weighted by Crippen LogP contribution is -2.05. The fourth-order valence-electron chi connectivity index (χ4n) is 3.21. The van der Waals surface area contributed by atoms with Gasteiger partial charge >= 0.3 is 5.97 Å². The molecule has 168 valence electrons. The summed E-state index contributed by atoms with van der Waals surface area (Å²) in [6, 6.07) is 17.0. The number of cyclic esters (lactones) is 1. The van der Waals surface area contributed by atoms with E-state index in [2.05, 4.69) is 43.5 Å². The van der Waals surface area contributed by atoms with Gasteiger partial charge in [0, 0.05) is 13.6 Å². The Morgan fingerprint density at radius 1 is 1.18 bits per heavy atom. The van der Waals surface area contributed by atoms with Gasteiger partial charge < -0.3 is 14.2 Å². The molecule has 1 aliphatic rings. The van der Waals surface area contributed by atoms with Crippen molar-refractivity contribution in [2.24, 2.45) is 4.99 Å². The molecule has 5 nitrogen and oxygen atoms in total. The van der Waals surface area contributed by atoms with E-state index in [1.807, 2.05) is 49.4 Å². The van der Waals surface area contributed by atoms with Gasteiger partial charge in [-0.05, 0) is 94.7 Å². The number of aryl methyl sites for hydroxylation is 1. The van der Waals surface area contributed by atoms with Gasteiger partial charge in [0.05, 0.1) is 12.1 Å². The van der Waals surface area contributed by atoms with Crippen LogP contribution in [0.25, 0.3) is 6.08 Å². The van der Waals surface area contributed by atoms with E-state index in [1.165, 1.54) is 7.11 Å². The van der Waals surface area contributed by atoms with Gasteiger partial charge in [0.1, 0.15) is 6.61 Å². The van der Waals surface area contributed by atoms with E-state index in [9.17, 15) is 4.79 Å². The molecule has 3 aromatic carbocycles. The average Bonchev–Trinajstić information content (AvgIpc) is 3.14. The van der Waals surface area contributed by atoms with E-state index in [0.717, 1.165) is 24.7 Å². The lowest BCUT2D eigenvalue weighted by molar-refractivity contribution is -0.129. The molecule has 0 N–H and O–H groups in total. The van der Waals surface area contributed by atoms with Crippen molar-refractivity contribution >= 4 is 68.1 Å². The van der Waals surface area contributed by atoms with Crippen LogP contribution in [0.3, 0.4) is 0 Å². The molecule has 0 unspecified atom stereocenters. The highest BCUT2D eigenvalue weighted by Gasteiger charge is 2.25. The Morgan fingerprint density at radius 3 is 2.73 bits per heavy atom. The highest BCUT2D eigenvalue weighted by molar-refractivity contribution is 14.1. The second-order valence-corrected chi connectivity index (χ2v) is 9.74. The van der Waals surface area contributed by atoms with Crippen LogP contribution >= 0.6 is 50.1 Å². The molecule has 0 fully saturated rings. The van der Waals surface area contributed by atoms with Gasteiger partial charge in [-0.2, -0.15) is 0 Å². The second-order valence-electron chi connectivity index (χ2n) is 7.25. The van der Waals surface area contributed by atoms with E-state index in [-0.39, 0.29) is 11.6 Å². The maximum Gasteiger partial charge on any atom is 0.363 e. The highest BCUT2D eigenvalue weighted by atomic mass is 127. The summed E-state index contributed by atoms with van der Waals surface area (Å²) in [5, 5.41) is 0.361. The largest absolute Gasteiger partial charge is 0.493 e. The van der Waals surface area contributed by atoms with Crippen LogP contribution in [0.2, 0.25) is 5.02 Å². The fourth-order valence-corrected chi connectivity index (χ4v) is 4.27. The molecule has 0 aliphatic carbocycles. The first-order valence-electron chi connectivity index (χ1n) is 9.88. The minimum Gasteiger partial charge on any atom is -0.493 e. The summed E-state index contributed by atoms with van der Waals surface area (Å²) in [4.78, 5) is 16.8. The van der Waals surface area contributed by atoms with Crippen molar-refractivity contribution in [1.29, 1.82) is 0 Å². The summed E-state index contributed by atoms with van der Waals surface area (Å²) >= 11 is 12.2. The molecule has 1 heterocycles. The molecular weight excluding hydrogens is 621 g/mol. The van der Waals surface area contributed by atoms with Gasteiger partial charge in [-0.3, -0.25) is 0 Å². The number of hydrogen-bond acceptors (Lipinski definition) is 5. The van der Waals surface area contributed by atoms with Crippen molar-refractivity contribution in [1.82, 2.24) is 0 Å². The van der Waals surface area contributed by atoms with Crippen LogP contribution in [-0.4, -0.2) is 19.0 Å². The minimum absolute atomic E-state index is 0.183. The van der Waals surface area contributed by atoms with Gasteiger partial charge in [-0.25, -0.2) is 9.79 Å². The highest BCUT2D eigenvalue weighted by Crippen LogP contribution is 2.38. The normalized spacial score (nSPS) is 14.3. The summed E-state index contributed by atoms with van der Waals surface area (Å²) in [6.45, 7) is 2.32. The van der Waals surface area contributed by atoms with E-state index in [1.54, 1.807) is 18.2 Å². The summed E-state index contributed by atoms with van der Waals surface area (Å²) in [5.74, 6) is 0.631. The number of benzene rings is 3. The van der Waals surface area contributed by atoms with Gasteiger partial charge in [-0.15, -0.1) is 0 Å². The Morgan fingerprint density at radius 2 is 2.00 bits per heavy atom. The molecule has 0 amide bonds. The molecule has 1 aliphatic heterocycles. The number of rotatable bonds is 6. The van der Waals surface area contributed by atoms with E-state index >= 15 is 0 Å². The average molecular weight is 639 g/mol. The smallest absolute Gasteiger partial charge is 0.363 e. The van der Waals surface area contributed by atoms with Gasteiger partial charge in [-0.1, -0.05) is 39.7 Å². The Hall–Kier alpha value is -2.36. The molecule has 0 aromatic heterocycles. The molecule has 8 heteroatoms. The molecule has 0 saturated carbocycles.